The Kier molecular flexibility index (Phi) is 8.92. The highest BCUT2D eigenvalue weighted by Gasteiger charge is 2.26. The summed E-state index contributed by atoms with van der Waals surface area (Å²) in [5.74, 6) is 0.364. The van der Waals surface area contributed by atoms with Gasteiger partial charge in [-0.25, -0.2) is 0 Å². The van der Waals surface area contributed by atoms with Gasteiger partial charge in [0.05, 0.1) is 0 Å². The molecule has 2 N–H and O–H groups in total. The molecule has 0 saturated heterocycles. The number of carbonyl (C=O) groups is 1. The molecule has 20 heavy (non-hydrogen) atoms. The molecule has 3 heteroatoms. The number of carbonyl (C=O) groups excluding carboxylic acids is 1. The molecular weight excluding hydrogens is 248 g/mol. The van der Waals surface area contributed by atoms with Crippen LogP contribution in [0.1, 0.15) is 84.5 Å². The molecule has 1 aliphatic rings. The van der Waals surface area contributed by atoms with Crippen molar-refractivity contribution in [3.63, 3.8) is 0 Å². The van der Waals surface area contributed by atoms with Crippen LogP contribution in [0.5, 0.6) is 0 Å². The molecule has 0 aromatic carbocycles. The van der Waals surface area contributed by atoms with Gasteiger partial charge in [0.1, 0.15) is 0 Å². The third kappa shape index (κ3) is 6.25. The monoisotopic (exact) mass is 282 g/mol. The van der Waals surface area contributed by atoms with E-state index in [1.807, 2.05) is 0 Å². The fourth-order valence-corrected chi connectivity index (χ4v) is 3.25. The van der Waals surface area contributed by atoms with E-state index in [2.05, 4.69) is 18.7 Å². The molecule has 1 fully saturated rings. The van der Waals surface area contributed by atoms with Gasteiger partial charge in [-0.2, -0.15) is 0 Å². The zero-order valence-electron chi connectivity index (χ0n) is 13.6. The van der Waals surface area contributed by atoms with E-state index in [1.165, 1.54) is 32.1 Å². The molecule has 0 bridgehead atoms. The summed E-state index contributed by atoms with van der Waals surface area (Å²) in [6, 6.07) is 0.811. The number of rotatable bonds is 9. The molecule has 0 atom stereocenters. The smallest absolute Gasteiger partial charge is 0.222 e. The van der Waals surface area contributed by atoms with Gasteiger partial charge in [-0.15, -0.1) is 0 Å². The van der Waals surface area contributed by atoms with E-state index >= 15 is 0 Å². The molecule has 0 unspecified atom stereocenters. The Hall–Kier alpha value is -0.570. The Balaban J connectivity index is 2.21. The maximum absolute atomic E-state index is 12.3. The fraction of sp³-hybridized carbons (Fsp3) is 0.941. The Morgan fingerprint density at radius 1 is 1.00 bits per heavy atom. The van der Waals surface area contributed by atoms with E-state index in [4.69, 9.17) is 5.73 Å². The average molecular weight is 282 g/mol. The van der Waals surface area contributed by atoms with Gasteiger partial charge in [0.25, 0.3) is 0 Å². The average Bonchev–Trinajstić information content (AvgIpc) is 2.45. The largest absolute Gasteiger partial charge is 0.340 e. The first-order valence-electron chi connectivity index (χ1n) is 8.74. The van der Waals surface area contributed by atoms with Crippen LogP contribution < -0.4 is 5.73 Å². The summed E-state index contributed by atoms with van der Waals surface area (Å²) < 4.78 is 0. The maximum atomic E-state index is 12.3. The fourth-order valence-electron chi connectivity index (χ4n) is 3.25. The molecule has 1 rings (SSSR count). The lowest BCUT2D eigenvalue weighted by molar-refractivity contribution is -0.134. The van der Waals surface area contributed by atoms with Crippen molar-refractivity contribution in [3.8, 4) is 0 Å². The summed E-state index contributed by atoms with van der Waals surface area (Å²) in [4.78, 5) is 14.4. The molecule has 0 aliphatic heterocycles. The predicted molar refractivity (Wildman–Crippen MR) is 85.6 cm³/mol. The van der Waals surface area contributed by atoms with Crippen LogP contribution in [0.3, 0.4) is 0 Å². The maximum Gasteiger partial charge on any atom is 0.222 e. The lowest BCUT2D eigenvalue weighted by Gasteiger charge is -2.35. The van der Waals surface area contributed by atoms with Crippen LogP contribution in [-0.2, 0) is 4.79 Å². The molecule has 0 radical (unpaired) electrons. The Morgan fingerprint density at radius 2 is 1.60 bits per heavy atom. The van der Waals surface area contributed by atoms with Crippen LogP contribution in [0.2, 0.25) is 0 Å². The van der Waals surface area contributed by atoms with Gasteiger partial charge in [0, 0.05) is 25.0 Å². The van der Waals surface area contributed by atoms with Crippen molar-refractivity contribution in [2.45, 2.75) is 96.6 Å². The van der Waals surface area contributed by atoms with Crippen molar-refractivity contribution in [2.75, 3.05) is 6.54 Å². The second-order valence-electron chi connectivity index (χ2n) is 6.27. The lowest BCUT2D eigenvalue weighted by Crippen LogP contribution is -2.44. The molecule has 0 heterocycles. The first-order chi connectivity index (χ1) is 9.69. The molecule has 1 amide bonds. The Bertz CT molecular complexity index is 260. The third-order valence-corrected chi connectivity index (χ3v) is 4.59. The van der Waals surface area contributed by atoms with Gasteiger partial charge in [-0.1, -0.05) is 39.0 Å². The van der Waals surface area contributed by atoms with Crippen LogP contribution in [-0.4, -0.2) is 29.4 Å². The van der Waals surface area contributed by atoms with Crippen molar-refractivity contribution < 1.29 is 4.79 Å². The molecule has 0 spiro atoms. The van der Waals surface area contributed by atoms with E-state index in [9.17, 15) is 4.79 Å². The highest BCUT2D eigenvalue weighted by molar-refractivity contribution is 5.76. The van der Waals surface area contributed by atoms with Crippen LogP contribution in [0.4, 0.5) is 0 Å². The minimum atomic E-state index is 0.360. The van der Waals surface area contributed by atoms with E-state index in [1.54, 1.807) is 0 Å². The van der Waals surface area contributed by atoms with Crippen LogP contribution in [0, 0.1) is 0 Å². The number of hydrogen-bond donors (Lipinski definition) is 1. The topological polar surface area (TPSA) is 46.3 Å². The molecule has 1 aliphatic carbocycles. The van der Waals surface area contributed by atoms with Crippen LogP contribution in [0.15, 0.2) is 0 Å². The Labute approximate surface area is 125 Å². The van der Waals surface area contributed by atoms with E-state index in [0.29, 0.717) is 18.0 Å². The molecule has 3 nitrogen and oxygen atoms in total. The van der Waals surface area contributed by atoms with Crippen molar-refractivity contribution in [1.82, 2.24) is 4.90 Å². The van der Waals surface area contributed by atoms with Crippen molar-refractivity contribution in [2.24, 2.45) is 5.73 Å². The zero-order valence-corrected chi connectivity index (χ0v) is 13.6. The zero-order chi connectivity index (χ0) is 14.8. The molecule has 0 aromatic rings. The second kappa shape index (κ2) is 10.2. The summed E-state index contributed by atoms with van der Waals surface area (Å²) in [7, 11) is 0. The van der Waals surface area contributed by atoms with E-state index < -0.39 is 0 Å². The summed E-state index contributed by atoms with van der Waals surface area (Å²) in [6.45, 7) is 5.20. The summed E-state index contributed by atoms with van der Waals surface area (Å²) in [6.07, 6.45) is 12.6. The number of nitrogens with two attached hydrogens (primary N) is 1. The minimum Gasteiger partial charge on any atom is -0.340 e. The molecular formula is C17H34N2O. The highest BCUT2D eigenvalue weighted by atomic mass is 16.2. The summed E-state index contributed by atoms with van der Waals surface area (Å²) in [5.41, 5.74) is 5.95. The summed E-state index contributed by atoms with van der Waals surface area (Å²) in [5, 5.41) is 0. The SMILES string of the molecule is CCCCCCCCC(=O)N(CC)C1CCC(N)CC1. The number of unbranched alkanes of at least 4 members (excludes halogenated alkanes) is 5. The third-order valence-electron chi connectivity index (χ3n) is 4.59. The lowest BCUT2D eigenvalue weighted by atomic mass is 9.90. The quantitative estimate of drug-likeness (QED) is 0.653. The number of nitrogens with zero attached hydrogens (tertiary/aromatic N) is 1. The van der Waals surface area contributed by atoms with Gasteiger partial charge in [-0.05, 0) is 39.0 Å². The van der Waals surface area contributed by atoms with Crippen LogP contribution in [0.25, 0.3) is 0 Å². The van der Waals surface area contributed by atoms with Gasteiger partial charge in [-0.3, -0.25) is 4.79 Å². The van der Waals surface area contributed by atoms with E-state index in [-0.39, 0.29) is 0 Å². The highest BCUT2D eigenvalue weighted by Crippen LogP contribution is 2.23. The van der Waals surface area contributed by atoms with Crippen LogP contribution >= 0.6 is 0 Å². The minimum absolute atomic E-state index is 0.360. The van der Waals surface area contributed by atoms with Gasteiger partial charge < -0.3 is 10.6 Å². The number of hydrogen-bond acceptors (Lipinski definition) is 2. The van der Waals surface area contributed by atoms with Crippen molar-refractivity contribution in [3.05, 3.63) is 0 Å². The van der Waals surface area contributed by atoms with E-state index in [0.717, 1.165) is 45.1 Å². The van der Waals surface area contributed by atoms with Gasteiger partial charge >= 0.3 is 0 Å². The summed E-state index contributed by atoms with van der Waals surface area (Å²) >= 11 is 0. The first-order valence-corrected chi connectivity index (χ1v) is 8.74. The number of amides is 1. The second-order valence-corrected chi connectivity index (χ2v) is 6.27. The molecule has 0 aromatic heterocycles. The standard InChI is InChI=1S/C17H34N2O/c1-3-5-6-7-8-9-10-17(20)19(4-2)16-13-11-15(18)12-14-16/h15-16H,3-14,18H2,1-2H3. The molecule has 1 saturated carbocycles. The normalized spacial score (nSPS) is 22.8. The predicted octanol–water partition coefficient (Wildman–Crippen LogP) is 3.86. The first kappa shape index (κ1) is 17.5. The van der Waals surface area contributed by atoms with Gasteiger partial charge in [0.15, 0.2) is 0 Å². The van der Waals surface area contributed by atoms with Crippen molar-refractivity contribution >= 4 is 5.91 Å². The Morgan fingerprint density at radius 3 is 2.20 bits per heavy atom. The van der Waals surface area contributed by atoms with Gasteiger partial charge in [0.2, 0.25) is 5.91 Å². The molecule has 118 valence electrons. The van der Waals surface area contributed by atoms with Crippen molar-refractivity contribution in [1.29, 1.82) is 0 Å².